The van der Waals surface area contributed by atoms with Gasteiger partial charge in [-0.3, -0.25) is 4.90 Å². The van der Waals surface area contributed by atoms with E-state index in [9.17, 15) is 0 Å². The van der Waals surface area contributed by atoms with Gasteiger partial charge in [-0.25, -0.2) is 0 Å². The molecule has 0 unspecified atom stereocenters. The smallest absolute Gasteiger partial charge is 0.0730 e. The van der Waals surface area contributed by atoms with E-state index in [-0.39, 0.29) is 0 Å². The monoisotopic (exact) mass is 379 g/mol. The molecule has 2 fully saturated rings. The zero-order chi connectivity index (χ0) is 19.0. The molecule has 3 heteroatoms. The molecule has 1 aliphatic heterocycles. The molecular formula is C25H33NO2. The van der Waals surface area contributed by atoms with Crippen LogP contribution in [0.2, 0.25) is 0 Å². The second-order valence-electron chi connectivity index (χ2n) is 8.20. The largest absolute Gasteiger partial charge is 0.376 e. The second kappa shape index (κ2) is 10.2. The van der Waals surface area contributed by atoms with Crippen molar-refractivity contribution in [2.24, 2.45) is 0 Å². The van der Waals surface area contributed by atoms with Gasteiger partial charge in [0.15, 0.2) is 0 Å². The Morgan fingerprint density at radius 1 is 0.786 bits per heavy atom. The van der Waals surface area contributed by atoms with Crippen LogP contribution in [0.25, 0.3) is 0 Å². The quantitative estimate of drug-likeness (QED) is 0.654. The Bertz CT molecular complexity index is 690. The Morgan fingerprint density at radius 3 is 2.29 bits per heavy atom. The van der Waals surface area contributed by atoms with Crippen LogP contribution in [0.1, 0.15) is 43.2 Å². The molecule has 3 atom stereocenters. The Labute approximate surface area is 169 Å². The number of rotatable bonds is 8. The van der Waals surface area contributed by atoms with Crippen molar-refractivity contribution < 1.29 is 9.47 Å². The van der Waals surface area contributed by atoms with Gasteiger partial charge >= 0.3 is 0 Å². The molecule has 3 nitrogen and oxygen atoms in total. The summed E-state index contributed by atoms with van der Waals surface area (Å²) in [6.07, 6.45) is 7.97. The van der Waals surface area contributed by atoms with E-state index in [0.29, 0.717) is 18.2 Å². The summed E-state index contributed by atoms with van der Waals surface area (Å²) >= 11 is 0. The Morgan fingerprint density at radius 2 is 1.50 bits per heavy atom. The van der Waals surface area contributed by atoms with Gasteiger partial charge in [0, 0.05) is 19.1 Å². The molecule has 1 heterocycles. The molecule has 150 valence electrons. The fourth-order valence-corrected chi connectivity index (χ4v) is 4.64. The highest BCUT2D eigenvalue weighted by atomic mass is 16.5. The van der Waals surface area contributed by atoms with E-state index in [0.717, 1.165) is 39.1 Å². The summed E-state index contributed by atoms with van der Waals surface area (Å²) in [6.45, 7) is 3.74. The first kappa shape index (κ1) is 19.6. The highest BCUT2D eigenvalue weighted by Crippen LogP contribution is 2.29. The van der Waals surface area contributed by atoms with Gasteiger partial charge in [-0.15, -0.1) is 0 Å². The fraction of sp³-hybridized carbons (Fsp3) is 0.520. The van der Waals surface area contributed by atoms with Gasteiger partial charge in [-0.1, -0.05) is 73.5 Å². The normalized spacial score (nSPS) is 25.8. The first-order valence-electron chi connectivity index (χ1n) is 10.9. The maximum Gasteiger partial charge on any atom is 0.0730 e. The van der Waals surface area contributed by atoms with Crippen LogP contribution in [0.15, 0.2) is 60.7 Å². The highest BCUT2D eigenvalue weighted by Gasteiger charge is 2.35. The van der Waals surface area contributed by atoms with E-state index in [4.69, 9.17) is 9.47 Å². The third-order valence-electron chi connectivity index (χ3n) is 6.21. The van der Waals surface area contributed by atoms with Crippen LogP contribution in [-0.4, -0.2) is 42.8 Å². The van der Waals surface area contributed by atoms with Crippen molar-refractivity contribution in [3.05, 3.63) is 71.8 Å². The molecule has 0 radical (unpaired) electrons. The molecular weight excluding hydrogens is 346 g/mol. The van der Waals surface area contributed by atoms with Gasteiger partial charge in [-0.2, -0.15) is 0 Å². The van der Waals surface area contributed by atoms with Crippen molar-refractivity contribution in [2.45, 2.75) is 63.4 Å². The Balaban J connectivity index is 1.24. The van der Waals surface area contributed by atoms with Crippen molar-refractivity contribution in [3.8, 4) is 0 Å². The van der Waals surface area contributed by atoms with E-state index >= 15 is 0 Å². The summed E-state index contributed by atoms with van der Waals surface area (Å²) in [5, 5.41) is 0. The molecule has 0 N–H and O–H groups in total. The van der Waals surface area contributed by atoms with Gasteiger partial charge < -0.3 is 9.47 Å². The molecule has 0 aromatic heterocycles. The topological polar surface area (TPSA) is 21.7 Å². The summed E-state index contributed by atoms with van der Waals surface area (Å²) in [6, 6.07) is 21.8. The summed E-state index contributed by atoms with van der Waals surface area (Å²) in [5.41, 5.74) is 2.63. The summed E-state index contributed by atoms with van der Waals surface area (Å²) in [5.74, 6) is 0. The molecule has 4 rings (SSSR count). The first-order valence-corrected chi connectivity index (χ1v) is 10.9. The third kappa shape index (κ3) is 5.44. The van der Waals surface area contributed by atoms with Crippen LogP contribution >= 0.6 is 0 Å². The van der Waals surface area contributed by atoms with Gasteiger partial charge in [0.1, 0.15) is 0 Å². The molecule has 0 amide bonds. The van der Waals surface area contributed by atoms with Gasteiger partial charge in [0.05, 0.1) is 25.4 Å². The third-order valence-corrected chi connectivity index (χ3v) is 6.21. The van der Waals surface area contributed by atoms with E-state index in [1.807, 2.05) is 0 Å². The molecule has 1 saturated heterocycles. The lowest BCUT2D eigenvalue weighted by atomic mass is 9.91. The van der Waals surface area contributed by atoms with Crippen LogP contribution in [0.5, 0.6) is 0 Å². The number of benzene rings is 2. The van der Waals surface area contributed by atoms with Gasteiger partial charge in [0.2, 0.25) is 0 Å². The van der Waals surface area contributed by atoms with E-state index < -0.39 is 0 Å². The average molecular weight is 380 g/mol. The SMILES string of the molecule is c1ccc(CCO[C@@H]2CCCC[C@H]2N2CC[C@H](OCc3ccccc3)C2)cc1. The number of likely N-dealkylation sites (tertiary alicyclic amines) is 1. The minimum Gasteiger partial charge on any atom is -0.376 e. The van der Waals surface area contributed by atoms with Crippen molar-refractivity contribution >= 4 is 0 Å². The Hall–Kier alpha value is -1.68. The van der Waals surface area contributed by atoms with Crippen molar-refractivity contribution in [3.63, 3.8) is 0 Å². The lowest BCUT2D eigenvalue weighted by Crippen LogP contribution is -2.46. The lowest BCUT2D eigenvalue weighted by molar-refractivity contribution is -0.0352. The second-order valence-corrected chi connectivity index (χ2v) is 8.20. The van der Waals surface area contributed by atoms with E-state index in [1.54, 1.807) is 0 Å². The lowest BCUT2D eigenvalue weighted by Gasteiger charge is -2.37. The summed E-state index contributed by atoms with van der Waals surface area (Å²) in [4.78, 5) is 2.64. The number of hydrogen-bond acceptors (Lipinski definition) is 3. The van der Waals surface area contributed by atoms with Gasteiger partial charge in [0.25, 0.3) is 0 Å². The number of nitrogens with zero attached hydrogens (tertiary/aromatic N) is 1. The summed E-state index contributed by atoms with van der Waals surface area (Å²) in [7, 11) is 0. The standard InChI is InChI=1S/C25H33NO2/c1-3-9-21(10-4-1)16-18-27-25-14-8-7-13-24(25)26-17-15-23(19-26)28-20-22-11-5-2-6-12-22/h1-6,9-12,23-25H,7-8,13-20H2/t23-,24+,25+/m0/s1. The Kier molecular flexibility index (Phi) is 7.15. The highest BCUT2D eigenvalue weighted by molar-refractivity contribution is 5.15. The predicted octanol–water partition coefficient (Wildman–Crippen LogP) is 4.85. The minimum absolute atomic E-state index is 0.354. The molecule has 2 aromatic carbocycles. The maximum atomic E-state index is 6.39. The summed E-state index contributed by atoms with van der Waals surface area (Å²) < 4.78 is 12.6. The van der Waals surface area contributed by atoms with Crippen molar-refractivity contribution in [1.29, 1.82) is 0 Å². The molecule has 0 bridgehead atoms. The van der Waals surface area contributed by atoms with Crippen LogP contribution in [0.4, 0.5) is 0 Å². The van der Waals surface area contributed by atoms with Crippen LogP contribution < -0.4 is 0 Å². The number of ether oxygens (including phenoxy) is 2. The molecule has 2 aliphatic rings. The first-order chi connectivity index (χ1) is 13.9. The maximum absolute atomic E-state index is 6.39. The van der Waals surface area contributed by atoms with Crippen molar-refractivity contribution in [2.75, 3.05) is 19.7 Å². The fourth-order valence-electron chi connectivity index (χ4n) is 4.64. The minimum atomic E-state index is 0.354. The molecule has 28 heavy (non-hydrogen) atoms. The molecule has 1 aliphatic carbocycles. The van der Waals surface area contributed by atoms with Crippen LogP contribution in [0.3, 0.4) is 0 Å². The molecule has 1 saturated carbocycles. The van der Waals surface area contributed by atoms with Crippen LogP contribution in [-0.2, 0) is 22.5 Å². The van der Waals surface area contributed by atoms with Crippen LogP contribution in [0, 0.1) is 0 Å². The van der Waals surface area contributed by atoms with Gasteiger partial charge in [-0.05, 0) is 36.8 Å². The van der Waals surface area contributed by atoms with E-state index in [2.05, 4.69) is 65.6 Å². The zero-order valence-corrected chi connectivity index (χ0v) is 16.8. The van der Waals surface area contributed by atoms with Crippen molar-refractivity contribution in [1.82, 2.24) is 4.90 Å². The van der Waals surface area contributed by atoms with E-state index in [1.165, 1.54) is 36.8 Å². The number of hydrogen-bond donors (Lipinski definition) is 0. The zero-order valence-electron chi connectivity index (χ0n) is 16.8. The molecule has 0 spiro atoms. The average Bonchev–Trinajstić information content (AvgIpc) is 3.23. The predicted molar refractivity (Wildman–Crippen MR) is 113 cm³/mol. The molecule has 2 aromatic rings.